The van der Waals surface area contributed by atoms with Crippen LogP contribution < -0.4 is 0 Å². The van der Waals surface area contributed by atoms with Crippen LogP contribution in [-0.4, -0.2) is 21.0 Å². The predicted octanol–water partition coefficient (Wildman–Crippen LogP) is 2.34. The minimum atomic E-state index is -1.05. The Morgan fingerprint density at radius 3 is 2.76 bits per heavy atom. The highest BCUT2D eigenvalue weighted by Gasteiger charge is 2.33. The number of rotatable bonds is 3. The lowest BCUT2D eigenvalue weighted by atomic mass is 9.93. The molecular formula is C12H14N2O3. The second-order valence-electron chi connectivity index (χ2n) is 4.47. The highest BCUT2D eigenvalue weighted by Crippen LogP contribution is 2.27. The van der Waals surface area contributed by atoms with Gasteiger partial charge in [0.15, 0.2) is 5.76 Å². The topological polar surface area (TPSA) is 79.1 Å². The second-order valence-corrected chi connectivity index (χ2v) is 4.47. The van der Waals surface area contributed by atoms with Gasteiger partial charge in [0.1, 0.15) is 16.9 Å². The molecule has 0 saturated heterocycles. The third-order valence-corrected chi connectivity index (χ3v) is 2.77. The van der Waals surface area contributed by atoms with E-state index in [4.69, 9.17) is 9.52 Å². The maximum absolute atomic E-state index is 11.1. The molecule has 90 valence electrons. The van der Waals surface area contributed by atoms with E-state index in [0.717, 1.165) is 5.69 Å². The summed E-state index contributed by atoms with van der Waals surface area (Å²) in [6.45, 7) is 5.06. The summed E-state index contributed by atoms with van der Waals surface area (Å²) < 4.78 is 5.26. The van der Waals surface area contributed by atoms with Crippen molar-refractivity contribution in [1.29, 1.82) is 0 Å². The average molecular weight is 234 g/mol. The van der Waals surface area contributed by atoms with Gasteiger partial charge in [-0.2, -0.15) is 0 Å². The van der Waals surface area contributed by atoms with Gasteiger partial charge in [-0.25, -0.2) is 4.98 Å². The van der Waals surface area contributed by atoms with Crippen molar-refractivity contribution in [3.8, 4) is 11.5 Å². The monoisotopic (exact) mass is 234 g/mol. The summed E-state index contributed by atoms with van der Waals surface area (Å²) in [5.41, 5.74) is 0.402. The molecule has 0 atom stereocenters. The number of H-pyrrole nitrogens is 1. The first kappa shape index (κ1) is 11.4. The van der Waals surface area contributed by atoms with Crippen molar-refractivity contribution in [3.05, 3.63) is 29.9 Å². The van der Waals surface area contributed by atoms with E-state index >= 15 is 0 Å². The van der Waals surface area contributed by atoms with E-state index < -0.39 is 11.4 Å². The summed E-state index contributed by atoms with van der Waals surface area (Å²) in [5.74, 6) is 0.136. The maximum Gasteiger partial charge on any atom is 0.316 e. The van der Waals surface area contributed by atoms with Crippen LogP contribution in [0, 0.1) is 6.92 Å². The molecule has 5 nitrogen and oxygen atoms in total. The number of carbonyl (C=O) groups is 1. The van der Waals surface area contributed by atoms with Gasteiger partial charge in [-0.05, 0) is 32.9 Å². The van der Waals surface area contributed by atoms with Crippen molar-refractivity contribution < 1.29 is 14.3 Å². The number of carboxylic acids is 1. The molecule has 0 fully saturated rings. The molecule has 0 bridgehead atoms. The fourth-order valence-electron chi connectivity index (χ4n) is 1.51. The van der Waals surface area contributed by atoms with Crippen LogP contribution in [-0.2, 0) is 10.2 Å². The van der Waals surface area contributed by atoms with Crippen molar-refractivity contribution in [2.45, 2.75) is 26.2 Å². The van der Waals surface area contributed by atoms with Crippen molar-refractivity contribution in [3.63, 3.8) is 0 Å². The molecule has 0 radical (unpaired) electrons. The normalized spacial score (nSPS) is 11.7. The van der Waals surface area contributed by atoms with Crippen molar-refractivity contribution in [2.75, 3.05) is 0 Å². The Morgan fingerprint density at radius 1 is 1.53 bits per heavy atom. The predicted molar refractivity (Wildman–Crippen MR) is 61.7 cm³/mol. The molecule has 0 aliphatic heterocycles. The molecule has 0 spiro atoms. The van der Waals surface area contributed by atoms with E-state index in [1.807, 2.05) is 6.92 Å². The summed E-state index contributed by atoms with van der Waals surface area (Å²) in [6, 6.07) is 3.56. The first-order valence-electron chi connectivity index (χ1n) is 5.27. The third kappa shape index (κ3) is 1.84. The molecule has 0 aliphatic carbocycles. The van der Waals surface area contributed by atoms with E-state index in [2.05, 4.69) is 9.97 Å². The lowest BCUT2D eigenvalue weighted by molar-refractivity contribution is -0.142. The molecule has 2 N–H and O–H groups in total. The molecule has 0 amide bonds. The van der Waals surface area contributed by atoms with Gasteiger partial charge >= 0.3 is 5.97 Å². The quantitative estimate of drug-likeness (QED) is 0.854. The van der Waals surface area contributed by atoms with Gasteiger partial charge in [0.2, 0.25) is 0 Å². The molecule has 0 unspecified atom stereocenters. The molecule has 2 rings (SSSR count). The minimum Gasteiger partial charge on any atom is -0.481 e. The van der Waals surface area contributed by atoms with Crippen LogP contribution in [0.5, 0.6) is 0 Å². The lowest BCUT2D eigenvalue weighted by Crippen LogP contribution is -2.29. The fourth-order valence-corrected chi connectivity index (χ4v) is 1.51. The van der Waals surface area contributed by atoms with Crippen molar-refractivity contribution in [2.24, 2.45) is 0 Å². The molecule has 2 heterocycles. The zero-order chi connectivity index (χ0) is 12.6. The van der Waals surface area contributed by atoms with Gasteiger partial charge < -0.3 is 14.5 Å². The number of aliphatic carboxylic acids is 1. The van der Waals surface area contributed by atoms with Crippen molar-refractivity contribution >= 4 is 5.97 Å². The summed E-state index contributed by atoms with van der Waals surface area (Å²) in [6.07, 6.45) is 1.56. The first-order valence-corrected chi connectivity index (χ1v) is 5.27. The van der Waals surface area contributed by atoms with Crippen LogP contribution in [0.1, 0.15) is 25.4 Å². The Kier molecular flexibility index (Phi) is 2.53. The van der Waals surface area contributed by atoms with Crippen LogP contribution in [0.4, 0.5) is 0 Å². The van der Waals surface area contributed by atoms with E-state index in [0.29, 0.717) is 17.3 Å². The van der Waals surface area contributed by atoms with E-state index in [1.54, 1.807) is 32.2 Å². The smallest absolute Gasteiger partial charge is 0.316 e. The number of aromatic amines is 1. The average Bonchev–Trinajstić information content (AvgIpc) is 2.85. The number of nitrogens with zero attached hydrogens (tertiary/aromatic N) is 1. The Morgan fingerprint density at radius 2 is 2.24 bits per heavy atom. The number of nitrogens with one attached hydrogen (secondary N) is 1. The summed E-state index contributed by atoms with van der Waals surface area (Å²) in [5, 5.41) is 9.14. The van der Waals surface area contributed by atoms with Crippen LogP contribution in [0.2, 0.25) is 0 Å². The molecule has 17 heavy (non-hydrogen) atoms. The molecule has 0 aliphatic rings. The maximum atomic E-state index is 11.1. The highest BCUT2D eigenvalue weighted by molar-refractivity contribution is 5.79. The van der Waals surface area contributed by atoms with Crippen LogP contribution in [0.15, 0.2) is 22.8 Å². The summed E-state index contributed by atoms with van der Waals surface area (Å²) in [7, 11) is 0. The third-order valence-electron chi connectivity index (χ3n) is 2.77. The number of imidazole rings is 1. The van der Waals surface area contributed by atoms with E-state index in [9.17, 15) is 4.79 Å². The van der Waals surface area contributed by atoms with Gasteiger partial charge in [0.05, 0.1) is 6.26 Å². The zero-order valence-electron chi connectivity index (χ0n) is 9.94. The van der Waals surface area contributed by atoms with Crippen LogP contribution >= 0.6 is 0 Å². The van der Waals surface area contributed by atoms with Crippen LogP contribution in [0.3, 0.4) is 0 Å². The summed E-state index contributed by atoms with van der Waals surface area (Å²) in [4.78, 5) is 18.5. The van der Waals surface area contributed by atoms with Crippen molar-refractivity contribution in [1.82, 2.24) is 9.97 Å². The Hall–Kier alpha value is -2.04. The number of aryl methyl sites for hydroxylation is 1. The fraction of sp³-hybridized carbons (Fsp3) is 0.333. The number of carboxylic acid groups (broad SMARTS) is 1. The van der Waals surface area contributed by atoms with E-state index in [-0.39, 0.29) is 0 Å². The zero-order valence-corrected chi connectivity index (χ0v) is 9.94. The number of hydrogen-bond acceptors (Lipinski definition) is 3. The van der Waals surface area contributed by atoms with Gasteiger partial charge in [0, 0.05) is 5.69 Å². The molecular weight excluding hydrogens is 220 g/mol. The Bertz CT molecular complexity index is 538. The van der Waals surface area contributed by atoms with Crippen LogP contribution in [0.25, 0.3) is 11.5 Å². The van der Waals surface area contributed by atoms with Gasteiger partial charge in [-0.3, -0.25) is 4.79 Å². The van der Waals surface area contributed by atoms with Gasteiger partial charge in [-0.1, -0.05) is 0 Å². The summed E-state index contributed by atoms with van der Waals surface area (Å²) >= 11 is 0. The highest BCUT2D eigenvalue weighted by atomic mass is 16.4. The SMILES string of the molecule is Cc1[nH]c(C(C)(C)C(=O)O)nc1-c1ccco1. The molecule has 5 heteroatoms. The van der Waals surface area contributed by atoms with Gasteiger partial charge in [-0.15, -0.1) is 0 Å². The molecule has 0 saturated carbocycles. The number of aromatic nitrogens is 2. The second kappa shape index (κ2) is 3.76. The molecule has 0 aromatic carbocycles. The number of furan rings is 1. The molecule has 2 aromatic rings. The standard InChI is InChI=1S/C12H14N2O3/c1-7-9(8-5-4-6-17-8)14-10(13-7)12(2,3)11(15)16/h4-6H,1-3H3,(H,13,14)(H,15,16). The first-order chi connectivity index (χ1) is 7.93. The Labute approximate surface area is 98.5 Å². The van der Waals surface area contributed by atoms with E-state index in [1.165, 1.54) is 0 Å². The molecule has 2 aromatic heterocycles. The van der Waals surface area contributed by atoms with Gasteiger partial charge in [0.25, 0.3) is 0 Å². The number of hydrogen-bond donors (Lipinski definition) is 2. The lowest BCUT2D eigenvalue weighted by Gasteiger charge is -2.15. The largest absolute Gasteiger partial charge is 0.481 e. The minimum absolute atomic E-state index is 0.425. The Balaban J connectivity index is 2.48.